The molecule has 1 rings (SSSR count). The van der Waals surface area contributed by atoms with E-state index in [-0.39, 0.29) is 0 Å². The Morgan fingerprint density at radius 3 is 1.72 bits per heavy atom. The van der Waals surface area contributed by atoms with E-state index in [9.17, 15) is 22.0 Å². The van der Waals surface area contributed by atoms with Crippen molar-refractivity contribution in [2.75, 3.05) is 7.11 Å². The van der Waals surface area contributed by atoms with Gasteiger partial charge in [-0.15, -0.1) is 0 Å². The highest BCUT2D eigenvalue weighted by molar-refractivity contribution is 9.12. The smallest absolute Gasteiger partial charge is 0.437 e. The predicted octanol–water partition coefficient (Wildman–Crippen LogP) is 4.84. The highest BCUT2D eigenvalue weighted by Crippen LogP contribution is 2.57. The molecule has 0 radical (unpaired) electrons. The van der Waals surface area contributed by atoms with Crippen molar-refractivity contribution in [3.8, 4) is 5.75 Å². The summed E-state index contributed by atoms with van der Waals surface area (Å²) in [7, 11) is 1.34. The Labute approximate surface area is 117 Å². The second-order valence-electron chi connectivity index (χ2n) is 3.38. The van der Waals surface area contributed by atoms with Crippen molar-refractivity contribution < 1.29 is 26.7 Å². The third-order valence-electron chi connectivity index (χ3n) is 2.20. The van der Waals surface area contributed by atoms with Crippen molar-refractivity contribution in [1.29, 1.82) is 0 Å². The first-order valence-electron chi connectivity index (χ1n) is 4.51. The number of halogens is 7. The van der Waals surface area contributed by atoms with Gasteiger partial charge in [-0.2, -0.15) is 13.2 Å². The van der Waals surface area contributed by atoms with Gasteiger partial charge >= 0.3 is 10.8 Å². The molecule has 18 heavy (non-hydrogen) atoms. The van der Waals surface area contributed by atoms with Crippen LogP contribution in [0.1, 0.15) is 5.56 Å². The average molecular weight is 398 g/mol. The van der Waals surface area contributed by atoms with Crippen molar-refractivity contribution in [1.82, 2.24) is 0 Å². The van der Waals surface area contributed by atoms with Crippen LogP contribution in [0.4, 0.5) is 22.0 Å². The van der Waals surface area contributed by atoms with Gasteiger partial charge in [-0.25, -0.2) is 8.78 Å². The standard InChI is InChI=1S/C10H7Br2F5O/c1-18-7-4-2-6(3-5-7)8(11,13)9(12,14)10(15,16)17/h2-5H,1H3/t8-,9+/m1/s1. The molecule has 1 nitrogen and oxygen atoms in total. The number of alkyl halides is 7. The summed E-state index contributed by atoms with van der Waals surface area (Å²) in [5, 5.41) is 0. The maximum absolute atomic E-state index is 14.1. The van der Waals surface area contributed by atoms with E-state index in [0.717, 1.165) is 12.1 Å². The SMILES string of the molecule is COc1ccc([C@](F)(Br)[C@@](F)(Br)C(F)(F)F)cc1. The van der Waals surface area contributed by atoms with E-state index in [4.69, 9.17) is 4.74 Å². The second kappa shape index (κ2) is 4.96. The van der Waals surface area contributed by atoms with Gasteiger partial charge in [0.15, 0.2) is 0 Å². The lowest BCUT2D eigenvalue weighted by Crippen LogP contribution is -2.47. The first-order chi connectivity index (χ1) is 8.04. The van der Waals surface area contributed by atoms with Crippen LogP contribution in [0.5, 0.6) is 5.75 Å². The Morgan fingerprint density at radius 2 is 1.39 bits per heavy atom. The average Bonchev–Trinajstić information content (AvgIpc) is 2.27. The summed E-state index contributed by atoms with van der Waals surface area (Å²) in [6.07, 6.45) is -5.43. The molecule has 0 aliphatic heterocycles. The lowest BCUT2D eigenvalue weighted by molar-refractivity contribution is -0.214. The summed E-state index contributed by atoms with van der Waals surface area (Å²) in [5.74, 6) is 0.313. The number of benzene rings is 1. The van der Waals surface area contributed by atoms with Crippen molar-refractivity contribution in [3.63, 3.8) is 0 Å². The molecule has 1 aromatic rings. The minimum Gasteiger partial charge on any atom is -0.497 e. The maximum atomic E-state index is 14.1. The molecule has 0 N–H and O–H groups in total. The number of hydrogen-bond acceptors (Lipinski definition) is 1. The van der Waals surface area contributed by atoms with Crippen LogP contribution in [0.25, 0.3) is 0 Å². The Morgan fingerprint density at radius 1 is 0.944 bits per heavy atom. The van der Waals surface area contributed by atoms with Gasteiger partial charge < -0.3 is 4.74 Å². The quantitative estimate of drug-likeness (QED) is 0.524. The van der Waals surface area contributed by atoms with Gasteiger partial charge in [0.25, 0.3) is 0 Å². The normalized spacial score (nSPS) is 18.9. The zero-order valence-electron chi connectivity index (χ0n) is 8.86. The molecule has 2 atom stereocenters. The molecule has 0 aliphatic carbocycles. The van der Waals surface area contributed by atoms with Crippen molar-refractivity contribution in [2.45, 2.75) is 15.3 Å². The maximum Gasteiger partial charge on any atom is 0.437 e. The molecule has 0 fully saturated rings. The summed E-state index contributed by atoms with van der Waals surface area (Å²) in [6, 6.07) is 4.44. The minimum absolute atomic E-state index is 0.313. The first-order valence-corrected chi connectivity index (χ1v) is 6.09. The topological polar surface area (TPSA) is 9.23 Å². The summed E-state index contributed by atoms with van der Waals surface area (Å²) in [5.41, 5.74) is -0.528. The highest BCUT2D eigenvalue weighted by Gasteiger charge is 2.68. The molecule has 0 bridgehead atoms. The third kappa shape index (κ3) is 2.64. The summed E-state index contributed by atoms with van der Waals surface area (Å²) in [6.45, 7) is 0. The predicted molar refractivity (Wildman–Crippen MR) is 63.5 cm³/mol. The number of methoxy groups -OCH3 is 1. The van der Waals surface area contributed by atoms with E-state index in [2.05, 4.69) is 15.9 Å². The van der Waals surface area contributed by atoms with Crippen LogP contribution in [0, 0.1) is 0 Å². The third-order valence-corrected chi connectivity index (χ3v) is 4.74. The molecular weight excluding hydrogens is 391 g/mol. The zero-order chi connectivity index (χ0) is 14.2. The van der Waals surface area contributed by atoms with Crippen LogP contribution in [-0.4, -0.2) is 17.9 Å². The second-order valence-corrected chi connectivity index (χ2v) is 5.56. The molecule has 0 aromatic heterocycles. The molecule has 0 saturated carbocycles. The Hall–Kier alpha value is -0.370. The monoisotopic (exact) mass is 396 g/mol. The first kappa shape index (κ1) is 15.7. The number of ether oxygens (including phenoxy) is 1. The zero-order valence-corrected chi connectivity index (χ0v) is 12.0. The van der Waals surface area contributed by atoms with Crippen LogP contribution in [0.2, 0.25) is 0 Å². The molecule has 0 spiro atoms. The molecule has 0 unspecified atom stereocenters. The molecule has 0 aliphatic rings. The molecule has 0 heterocycles. The van der Waals surface area contributed by atoms with Crippen LogP contribution in [-0.2, 0) is 4.58 Å². The molecular formula is C10H7Br2F5O. The molecule has 0 amide bonds. The molecule has 8 heteroatoms. The number of hydrogen-bond donors (Lipinski definition) is 0. The van der Waals surface area contributed by atoms with Crippen LogP contribution in [0.3, 0.4) is 0 Å². The Bertz CT molecular complexity index is 413. The van der Waals surface area contributed by atoms with Gasteiger partial charge in [0.2, 0.25) is 4.58 Å². The van der Waals surface area contributed by atoms with E-state index < -0.39 is 20.9 Å². The van der Waals surface area contributed by atoms with Crippen LogP contribution < -0.4 is 4.74 Å². The molecule has 102 valence electrons. The van der Waals surface area contributed by atoms with Gasteiger partial charge in [0.05, 0.1) is 7.11 Å². The fraction of sp³-hybridized carbons (Fsp3) is 0.400. The van der Waals surface area contributed by atoms with E-state index in [1.54, 1.807) is 15.9 Å². The van der Waals surface area contributed by atoms with Gasteiger partial charge in [-0.1, -0.05) is 12.1 Å². The van der Waals surface area contributed by atoms with Crippen LogP contribution >= 0.6 is 31.9 Å². The minimum atomic E-state index is -5.43. The van der Waals surface area contributed by atoms with Crippen LogP contribution in [0.15, 0.2) is 24.3 Å². The van der Waals surface area contributed by atoms with Gasteiger partial charge in [0, 0.05) is 5.56 Å². The molecule has 0 saturated heterocycles. The largest absolute Gasteiger partial charge is 0.497 e. The number of rotatable bonds is 3. The van der Waals surface area contributed by atoms with E-state index >= 15 is 0 Å². The Balaban J connectivity index is 3.19. The lowest BCUT2D eigenvalue weighted by Gasteiger charge is -2.32. The van der Waals surface area contributed by atoms with E-state index in [1.165, 1.54) is 19.2 Å². The van der Waals surface area contributed by atoms with Gasteiger partial charge in [-0.3, -0.25) is 0 Å². The van der Waals surface area contributed by atoms with Crippen molar-refractivity contribution in [2.24, 2.45) is 0 Å². The Kier molecular flexibility index (Phi) is 4.32. The van der Waals surface area contributed by atoms with Gasteiger partial charge in [-0.05, 0) is 44.0 Å². The fourth-order valence-electron chi connectivity index (χ4n) is 1.16. The summed E-state index contributed by atoms with van der Waals surface area (Å²) in [4.78, 5) is 0. The highest BCUT2D eigenvalue weighted by atomic mass is 79.9. The van der Waals surface area contributed by atoms with Crippen molar-refractivity contribution >= 4 is 31.9 Å². The van der Waals surface area contributed by atoms with E-state index in [1.807, 2.05) is 0 Å². The molecule has 1 aromatic carbocycles. The van der Waals surface area contributed by atoms with Crippen molar-refractivity contribution in [3.05, 3.63) is 29.8 Å². The van der Waals surface area contributed by atoms with Gasteiger partial charge in [0.1, 0.15) is 5.75 Å². The summed E-state index contributed by atoms with van der Waals surface area (Å²) < 4.78 is 62.0. The lowest BCUT2D eigenvalue weighted by atomic mass is 10.1. The fourth-order valence-corrected chi connectivity index (χ4v) is 1.88. The van der Waals surface area contributed by atoms with E-state index in [0.29, 0.717) is 5.75 Å². The summed E-state index contributed by atoms with van der Waals surface area (Å²) >= 11 is 3.90.